The fraction of sp³-hybridized carbons (Fsp3) is 0.471. The van der Waals surface area contributed by atoms with E-state index >= 15 is 0 Å². The second-order valence-corrected chi connectivity index (χ2v) is 9.40. The van der Waals surface area contributed by atoms with Gasteiger partial charge >= 0.3 is 6.09 Å². The molecular formula is C17H19F2N5O4S. The molecule has 3 heterocycles. The van der Waals surface area contributed by atoms with Crippen molar-refractivity contribution in [2.45, 2.75) is 19.6 Å². The van der Waals surface area contributed by atoms with Crippen molar-refractivity contribution in [3.63, 3.8) is 0 Å². The summed E-state index contributed by atoms with van der Waals surface area (Å²) in [4.78, 5) is 14.7. The van der Waals surface area contributed by atoms with Gasteiger partial charge in [0, 0.05) is 31.4 Å². The maximum atomic E-state index is 14.7. The van der Waals surface area contributed by atoms with Crippen molar-refractivity contribution in [3.05, 3.63) is 35.7 Å². The minimum absolute atomic E-state index is 0.0146. The first-order chi connectivity index (χ1) is 13.7. The number of sulfone groups is 1. The van der Waals surface area contributed by atoms with Crippen LogP contribution in [0.5, 0.6) is 0 Å². The molecule has 1 aromatic carbocycles. The van der Waals surface area contributed by atoms with E-state index in [0.29, 0.717) is 0 Å². The summed E-state index contributed by atoms with van der Waals surface area (Å²) in [6.07, 6.45) is 0.452. The van der Waals surface area contributed by atoms with Crippen LogP contribution in [0.2, 0.25) is 0 Å². The molecule has 0 unspecified atom stereocenters. The molecule has 2 saturated heterocycles. The van der Waals surface area contributed by atoms with Crippen LogP contribution in [0.3, 0.4) is 0 Å². The van der Waals surface area contributed by atoms with E-state index in [4.69, 9.17) is 4.74 Å². The highest BCUT2D eigenvalue weighted by Crippen LogP contribution is 2.31. The maximum absolute atomic E-state index is 14.7. The Labute approximate surface area is 165 Å². The number of anilines is 2. The van der Waals surface area contributed by atoms with Crippen LogP contribution >= 0.6 is 0 Å². The molecule has 2 aliphatic rings. The first-order valence-corrected chi connectivity index (χ1v) is 10.8. The van der Waals surface area contributed by atoms with Gasteiger partial charge in [-0.1, -0.05) is 5.21 Å². The number of hydrogen-bond acceptors (Lipinski definition) is 7. The third-order valence-electron chi connectivity index (χ3n) is 4.89. The molecule has 9 nitrogen and oxygen atoms in total. The molecule has 0 N–H and O–H groups in total. The minimum Gasteiger partial charge on any atom is -0.442 e. The molecule has 0 bridgehead atoms. The number of carbonyl (C=O) groups is 1. The largest absolute Gasteiger partial charge is 0.442 e. The smallest absolute Gasteiger partial charge is 0.414 e. The topological polar surface area (TPSA) is 97.6 Å². The normalized spacial score (nSPS) is 21.5. The van der Waals surface area contributed by atoms with E-state index in [1.165, 1.54) is 9.58 Å². The monoisotopic (exact) mass is 427 g/mol. The lowest BCUT2D eigenvalue weighted by Gasteiger charge is -2.29. The summed E-state index contributed by atoms with van der Waals surface area (Å²) in [7, 11) is -3.18. The second kappa shape index (κ2) is 7.25. The Kier molecular flexibility index (Phi) is 4.89. The molecule has 2 fully saturated rings. The Morgan fingerprint density at radius 1 is 1.21 bits per heavy atom. The molecule has 12 heteroatoms. The number of cyclic esters (lactones) is 1. The number of carbonyl (C=O) groups excluding carboxylic acids is 1. The highest BCUT2D eigenvalue weighted by Gasteiger charge is 2.34. The molecule has 2 aromatic rings. The van der Waals surface area contributed by atoms with Crippen molar-refractivity contribution in [2.24, 2.45) is 0 Å². The number of rotatable bonds is 4. The van der Waals surface area contributed by atoms with Crippen LogP contribution in [-0.2, 0) is 21.1 Å². The van der Waals surface area contributed by atoms with Crippen LogP contribution in [0.1, 0.15) is 5.69 Å². The standard InChI is InChI=1S/C17H19F2N5O4S/c1-11-8-23(21-20-11)9-13-10-24(17(25)28-13)12-6-14(18)16(15(19)7-12)22-2-4-29(26,27)5-3-22/h6-8,13H,2-5,9-10H2,1H3/t13-/m0/s1. The van der Waals surface area contributed by atoms with Crippen molar-refractivity contribution in [2.75, 3.05) is 40.9 Å². The molecule has 29 heavy (non-hydrogen) atoms. The molecule has 1 amide bonds. The Morgan fingerprint density at radius 2 is 1.86 bits per heavy atom. The molecule has 4 rings (SSSR count). The minimum atomic E-state index is -3.18. The van der Waals surface area contributed by atoms with Gasteiger partial charge in [0.15, 0.2) is 21.5 Å². The average Bonchev–Trinajstić information content (AvgIpc) is 3.21. The van der Waals surface area contributed by atoms with E-state index in [1.54, 1.807) is 13.1 Å². The van der Waals surface area contributed by atoms with Gasteiger partial charge in [-0.2, -0.15) is 0 Å². The Hall–Kier alpha value is -2.76. The lowest BCUT2D eigenvalue weighted by atomic mass is 10.2. The second-order valence-electron chi connectivity index (χ2n) is 7.10. The summed E-state index contributed by atoms with van der Waals surface area (Å²) in [5.41, 5.74) is 0.470. The van der Waals surface area contributed by atoms with Crippen LogP contribution in [-0.4, -0.2) is 66.7 Å². The zero-order chi connectivity index (χ0) is 20.8. The van der Waals surface area contributed by atoms with Crippen molar-refractivity contribution in [1.82, 2.24) is 15.0 Å². The molecule has 156 valence electrons. The summed E-state index contributed by atoms with van der Waals surface area (Å²) in [5, 5.41) is 7.75. The number of hydrogen-bond donors (Lipinski definition) is 0. The van der Waals surface area contributed by atoms with Crippen molar-refractivity contribution in [1.29, 1.82) is 0 Å². The summed E-state index contributed by atoms with van der Waals surface area (Å²) >= 11 is 0. The maximum Gasteiger partial charge on any atom is 0.414 e. The highest BCUT2D eigenvalue weighted by molar-refractivity contribution is 7.91. The average molecular weight is 427 g/mol. The van der Waals surface area contributed by atoms with Gasteiger partial charge in [-0.05, 0) is 6.92 Å². The predicted molar refractivity (Wildman–Crippen MR) is 99.6 cm³/mol. The lowest BCUT2D eigenvalue weighted by molar-refractivity contribution is 0.129. The van der Waals surface area contributed by atoms with Gasteiger partial charge in [-0.25, -0.2) is 26.7 Å². The van der Waals surface area contributed by atoms with Crippen LogP contribution in [0, 0.1) is 18.6 Å². The number of amides is 1. The number of ether oxygens (including phenoxy) is 1. The van der Waals surface area contributed by atoms with Crippen LogP contribution in [0.15, 0.2) is 18.3 Å². The predicted octanol–water partition coefficient (Wildman–Crippen LogP) is 1.12. The summed E-state index contributed by atoms with van der Waals surface area (Å²) in [6.45, 7) is 2.19. The lowest BCUT2D eigenvalue weighted by Crippen LogP contribution is -2.41. The molecule has 0 radical (unpaired) electrons. The third kappa shape index (κ3) is 4.02. The Morgan fingerprint density at radius 3 is 2.45 bits per heavy atom. The molecular weight excluding hydrogens is 408 g/mol. The summed E-state index contributed by atoms with van der Waals surface area (Å²) < 4.78 is 59.3. The first kappa shape index (κ1) is 19.6. The quantitative estimate of drug-likeness (QED) is 0.721. The number of benzene rings is 1. The first-order valence-electron chi connectivity index (χ1n) is 9.01. The number of aromatic nitrogens is 3. The van der Waals surface area contributed by atoms with Crippen molar-refractivity contribution < 1.29 is 26.7 Å². The van der Waals surface area contributed by atoms with E-state index in [2.05, 4.69) is 10.3 Å². The molecule has 0 aliphatic carbocycles. The zero-order valence-corrected chi connectivity index (χ0v) is 16.4. The molecule has 0 spiro atoms. The van der Waals surface area contributed by atoms with Gasteiger partial charge in [-0.15, -0.1) is 5.10 Å². The molecule has 1 aromatic heterocycles. The Bertz CT molecular complexity index is 1020. The van der Waals surface area contributed by atoms with Crippen LogP contribution in [0.4, 0.5) is 25.0 Å². The van der Waals surface area contributed by atoms with Gasteiger partial charge in [0.1, 0.15) is 11.8 Å². The highest BCUT2D eigenvalue weighted by atomic mass is 32.2. The van der Waals surface area contributed by atoms with E-state index in [0.717, 1.165) is 22.7 Å². The molecule has 1 atom stereocenters. The van der Waals surface area contributed by atoms with E-state index in [-0.39, 0.29) is 49.1 Å². The van der Waals surface area contributed by atoms with Crippen molar-refractivity contribution in [3.8, 4) is 0 Å². The third-order valence-corrected chi connectivity index (χ3v) is 6.50. The Balaban J connectivity index is 1.51. The zero-order valence-electron chi connectivity index (χ0n) is 15.6. The van der Waals surface area contributed by atoms with Gasteiger partial charge in [0.25, 0.3) is 0 Å². The van der Waals surface area contributed by atoms with Crippen molar-refractivity contribution >= 4 is 27.3 Å². The number of halogens is 2. The fourth-order valence-corrected chi connectivity index (χ4v) is 4.67. The fourth-order valence-electron chi connectivity index (χ4n) is 3.47. The van der Waals surface area contributed by atoms with Gasteiger partial charge in [0.05, 0.1) is 36.0 Å². The number of nitrogens with zero attached hydrogens (tertiary/aromatic N) is 5. The van der Waals surface area contributed by atoms with Gasteiger partial charge in [-0.3, -0.25) is 4.90 Å². The van der Waals surface area contributed by atoms with Crippen LogP contribution < -0.4 is 9.80 Å². The summed E-state index contributed by atoms with van der Waals surface area (Å²) in [5.74, 6) is -2.03. The van der Waals surface area contributed by atoms with E-state index in [1.807, 2.05) is 0 Å². The van der Waals surface area contributed by atoms with E-state index < -0.39 is 33.7 Å². The van der Waals surface area contributed by atoms with Gasteiger partial charge < -0.3 is 9.64 Å². The van der Waals surface area contributed by atoms with Crippen LogP contribution in [0.25, 0.3) is 0 Å². The molecule has 0 saturated carbocycles. The molecule has 2 aliphatic heterocycles. The summed E-state index contributed by atoms with van der Waals surface area (Å²) in [6, 6.07) is 2.12. The van der Waals surface area contributed by atoms with Gasteiger partial charge in [0.2, 0.25) is 0 Å². The number of aryl methyl sites for hydroxylation is 1. The van der Waals surface area contributed by atoms with E-state index in [9.17, 15) is 22.0 Å². The SMILES string of the molecule is Cc1cn(C[C@H]2CN(c3cc(F)c(N4CCS(=O)(=O)CC4)c(F)c3)C(=O)O2)nn1.